The monoisotopic (exact) mass is 379 g/mol. The minimum atomic E-state index is -0.644. The summed E-state index contributed by atoms with van der Waals surface area (Å²) in [5.41, 5.74) is 0.925. The van der Waals surface area contributed by atoms with E-state index in [2.05, 4.69) is 27.5 Å². The molecular weight excluding hydrogens is 349 g/mol. The molecule has 2 N–H and O–H groups in total. The first-order chi connectivity index (χ1) is 12.9. The molecule has 7 nitrogen and oxygen atoms in total. The third kappa shape index (κ3) is 6.89. The minimum absolute atomic E-state index is 0.0992. The molecule has 1 saturated heterocycles. The smallest absolute Gasteiger partial charge is 0.309 e. The topological polar surface area (TPSA) is 67.9 Å². The molecule has 1 heterocycles. The first-order valence-corrected chi connectivity index (χ1v) is 9.25. The second-order valence-electron chi connectivity index (χ2n) is 7.18. The fraction of sp³-hybridized carbons (Fsp3) is 0.579. The zero-order valence-electron chi connectivity index (χ0n) is 16.4. The van der Waals surface area contributed by atoms with E-state index in [0.29, 0.717) is 19.6 Å². The van der Waals surface area contributed by atoms with Crippen LogP contribution in [-0.2, 0) is 9.59 Å². The number of carbonyl (C=O) groups excluding carboxylic acids is 2. The number of nitrogens with one attached hydrogen (secondary N) is 2. The lowest BCUT2D eigenvalue weighted by molar-refractivity contribution is -0.139. The summed E-state index contributed by atoms with van der Waals surface area (Å²) in [6.07, 6.45) is 0. The molecule has 1 aliphatic rings. The number of carbonyl (C=O) groups is 2. The van der Waals surface area contributed by atoms with E-state index in [-0.39, 0.29) is 11.9 Å². The lowest BCUT2D eigenvalue weighted by Crippen LogP contribution is -2.50. The molecule has 8 heteroatoms. The van der Waals surface area contributed by atoms with Crippen LogP contribution >= 0.6 is 0 Å². The SMILES string of the molecule is CN(C)CCNC(=O)C(=O)NCC(c1ccc(F)cc1)N1CCN(C)CC1. The summed E-state index contributed by atoms with van der Waals surface area (Å²) in [6.45, 7) is 4.94. The Bertz CT molecular complexity index is 615. The fourth-order valence-electron chi connectivity index (χ4n) is 3.02. The molecule has 1 aliphatic heterocycles. The fourth-order valence-corrected chi connectivity index (χ4v) is 3.02. The van der Waals surface area contributed by atoms with Crippen LogP contribution in [0.25, 0.3) is 0 Å². The van der Waals surface area contributed by atoms with Crippen molar-refractivity contribution < 1.29 is 14.0 Å². The predicted octanol–water partition coefficient (Wildman–Crippen LogP) is -0.0918. The van der Waals surface area contributed by atoms with Gasteiger partial charge in [-0.05, 0) is 38.8 Å². The standard InChI is InChI=1S/C19H30FN5O2/c1-23(2)9-8-21-18(26)19(27)22-14-17(15-4-6-16(20)7-5-15)25-12-10-24(3)11-13-25/h4-7,17H,8-14H2,1-3H3,(H,21,26)(H,22,27). The molecular formula is C19H30FN5O2. The van der Waals surface area contributed by atoms with Gasteiger partial charge in [0, 0.05) is 45.8 Å². The van der Waals surface area contributed by atoms with E-state index in [1.807, 2.05) is 19.0 Å². The van der Waals surface area contributed by atoms with Gasteiger partial charge < -0.3 is 20.4 Å². The molecule has 150 valence electrons. The molecule has 2 amide bonds. The lowest BCUT2D eigenvalue weighted by atomic mass is 10.0. The summed E-state index contributed by atoms with van der Waals surface area (Å²) in [6, 6.07) is 6.23. The van der Waals surface area contributed by atoms with Crippen molar-refractivity contribution in [1.29, 1.82) is 0 Å². The molecule has 27 heavy (non-hydrogen) atoms. The highest BCUT2D eigenvalue weighted by atomic mass is 19.1. The van der Waals surface area contributed by atoms with Crippen LogP contribution in [0.4, 0.5) is 4.39 Å². The van der Waals surface area contributed by atoms with Crippen LogP contribution in [0, 0.1) is 5.82 Å². The normalized spacial score (nSPS) is 16.9. The van der Waals surface area contributed by atoms with Crippen LogP contribution in [0.2, 0.25) is 0 Å². The average molecular weight is 379 g/mol. The van der Waals surface area contributed by atoms with Gasteiger partial charge in [0.05, 0.1) is 6.04 Å². The van der Waals surface area contributed by atoms with Gasteiger partial charge in [-0.25, -0.2) is 4.39 Å². The van der Waals surface area contributed by atoms with Gasteiger partial charge in [0.1, 0.15) is 5.82 Å². The largest absolute Gasteiger partial charge is 0.347 e. The summed E-state index contributed by atoms with van der Waals surface area (Å²) in [5, 5.41) is 5.34. The molecule has 0 aromatic heterocycles. The van der Waals surface area contributed by atoms with Crippen LogP contribution in [0.15, 0.2) is 24.3 Å². The molecule has 1 unspecified atom stereocenters. The van der Waals surface area contributed by atoms with Crippen molar-refractivity contribution in [3.05, 3.63) is 35.6 Å². The first-order valence-electron chi connectivity index (χ1n) is 9.25. The number of hydrogen-bond donors (Lipinski definition) is 2. The van der Waals surface area contributed by atoms with Gasteiger partial charge in [-0.1, -0.05) is 12.1 Å². The Hall–Kier alpha value is -2.03. The van der Waals surface area contributed by atoms with E-state index in [0.717, 1.165) is 31.7 Å². The maximum Gasteiger partial charge on any atom is 0.309 e. The number of halogens is 1. The highest BCUT2D eigenvalue weighted by Gasteiger charge is 2.25. The maximum atomic E-state index is 13.3. The Balaban J connectivity index is 1.96. The maximum absolute atomic E-state index is 13.3. The Labute approximate surface area is 160 Å². The third-order valence-electron chi connectivity index (χ3n) is 4.74. The lowest BCUT2D eigenvalue weighted by Gasteiger charge is -2.38. The zero-order valence-corrected chi connectivity index (χ0v) is 16.4. The Kier molecular flexibility index (Phi) is 8.15. The van der Waals surface area contributed by atoms with Crippen molar-refractivity contribution in [2.75, 3.05) is 67.0 Å². The molecule has 0 aliphatic carbocycles. The van der Waals surface area contributed by atoms with E-state index < -0.39 is 11.8 Å². The van der Waals surface area contributed by atoms with E-state index in [1.54, 1.807) is 12.1 Å². The Morgan fingerprint density at radius 1 is 1.07 bits per heavy atom. The summed E-state index contributed by atoms with van der Waals surface area (Å²) < 4.78 is 13.3. The molecule has 0 bridgehead atoms. The number of rotatable bonds is 7. The van der Waals surface area contributed by atoms with Crippen molar-refractivity contribution in [1.82, 2.24) is 25.3 Å². The third-order valence-corrected chi connectivity index (χ3v) is 4.74. The van der Waals surface area contributed by atoms with E-state index in [4.69, 9.17) is 0 Å². The first kappa shape index (κ1) is 21.3. The molecule has 1 atom stereocenters. The van der Waals surface area contributed by atoms with E-state index in [9.17, 15) is 14.0 Å². The Morgan fingerprint density at radius 2 is 1.67 bits per heavy atom. The second-order valence-corrected chi connectivity index (χ2v) is 7.18. The number of amides is 2. The number of benzene rings is 1. The molecule has 1 aromatic rings. The van der Waals surface area contributed by atoms with Crippen LogP contribution in [0.3, 0.4) is 0 Å². The molecule has 0 saturated carbocycles. The highest BCUT2D eigenvalue weighted by Crippen LogP contribution is 2.22. The van der Waals surface area contributed by atoms with Gasteiger partial charge in [-0.2, -0.15) is 0 Å². The van der Waals surface area contributed by atoms with E-state index in [1.165, 1.54) is 12.1 Å². The van der Waals surface area contributed by atoms with Crippen molar-refractivity contribution in [3.63, 3.8) is 0 Å². The number of likely N-dealkylation sites (N-methyl/N-ethyl adjacent to an activating group) is 2. The summed E-state index contributed by atoms with van der Waals surface area (Å²) in [7, 11) is 5.87. The highest BCUT2D eigenvalue weighted by molar-refractivity contribution is 6.35. The summed E-state index contributed by atoms with van der Waals surface area (Å²) in [5.74, 6) is -1.57. The average Bonchev–Trinajstić information content (AvgIpc) is 2.64. The van der Waals surface area contributed by atoms with Crippen LogP contribution < -0.4 is 10.6 Å². The molecule has 1 aromatic carbocycles. The molecule has 0 radical (unpaired) electrons. The Morgan fingerprint density at radius 3 is 2.26 bits per heavy atom. The zero-order chi connectivity index (χ0) is 19.8. The molecule has 0 spiro atoms. The van der Waals surface area contributed by atoms with Crippen LogP contribution in [0.5, 0.6) is 0 Å². The van der Waals surface area contributed by atoms with Gasteiger partial charge in [0.2, 0.25) is 0 Å². The van der Waals surface area contributed by atoms with Gasteiger partial charge in [0.15, 0.2) is 0 Å². The van der Waals surface area contributed by atoms with Crippen LogP contribution in [0.1, 0.15) is 11.6 Å². The van der Waals surface area contributed by atoms with Crippen LogP contribution in [-0.4, -0.2) is 93.5 Å². The van der Waals surface area contributed by atoms with Crippen molar-refractivity contribution in [2.45, 2.75) is 6.04 Å². The number of piperazine rings is 1. The van der Waals surface area contributed by atoms with Gasteiger partial charge in [0.25, 0.3) is 0 Å². The van der Waals surface area contributed by atoms with Gasteiger partial charge in [-0.3, -0.25) is 14.5 Å². The summed E-state index contributed by atoms with van der Waals surface area (Å²) >= 11 is 0. The van der Waals surface area contributed by atoms with Gasteiger partial charge in [-0.15, -0.1) is 0 Å². The quantitative estimate of drug-likeness (QED) is 0.648. The number of nitrogens with zero attached hydrogens (tertiary/aromatic N) is 3. The minimum Gasteiger partial charge on any atom is -0.347 e. The van der Waals surface area contributed by atoms with E-state index >= 15 is 0 Å². The summed E-state index contributed by atoms with van der Waals surface area (Å²) in [4.78, 5) is 30.5. The molecule has 2 rings (SSSR count). The number of hydrogen-bond acceptors (Lipinski definition) is 5. The van der Waals surface area contributed by atoms with Gasteiger partial charge >= 0.3 is 11.8 Å². The van der Waals surface area contributed by atoms with Crippen molar-refractivity contribution >= 4 is 11.8 Å². The molecule has 1 fully saturated rings. The van der Waals surface area contributed by atoms with Crippen molar-refractivity contribution in [3.8, 4) is 0 Å². The van der Waals surface area contributed by atoms with Crippen molar-refractivity contribution in [2.24, 2.45) is 0 Å². The predicted molar refractivity (Wildman–Crippen MR) is 103 cm³/mol. The second kappa shape index (κ2) is 10.3.